The van der Waals surface area contributed by atoms with Crippen LogP contribution in [0.1, 0.15) is 52.7 Å². The van der Waals surface area contributed by atoms with E-state index in [4.69, 9.17) is 0 Å². The third kappa shape index (κ3) is 4.39. The number of ketones is 1. The van der Waals surface area contributed by atoms with Gasteiger partial charge in [-0.1, -0.05) is 18.2 Å². The molecule has 2 aromatic rings. The normalized spacial score (nSPS) is 12.9. The highest BCUT2D eigenvalue weighted by atomic mass is 16.6. The minimum atomic E-state index is -0.482. The summed E-state index contributed by atoms with van der Waals surface area (Å²) in [5.74, 6) is -0.390. The number of hydrogen-bond donors (Lipinski definition) is 1. The molecule has 0 aliphatic heterocycles. The van der Waals surface area contributed by atoms with Gasteiger partial charge < -0.3 is 5.32 Å². The first-order valence-electron chi connectivity index (χ1n) is 9.14. The highest BCUT2D eigenvalue weighted by Gasteiger charge is 2.17. The van der Waals surface area contributed by atoms with Crippen LogP contribution in [0.2, 0.25) is 0 Å². The second kappa shape index (κ2) is 8.12. The number of hydrogen-bond acceptors (Lipinski definition) is 4. The van der Waals surface area contributed by atoms with Gasteiger partial charge >= 0.3 is 0 Å². The molecular weight excluding hydrogens is 344 g/mol. The van der Waals surface area contributed by atoms with Crippen molar-refractivity contribution >= 4 is 23.1 Å². The summed E-state index contributed by atoms with van der Waals surface area (Å²) in [6.07, 6.45) is 4.56. The molecule has 3 rings (SSSR count). The van der Waals surface area contributed by atoms with E-state index >= 15 is 0 Å². The number of nitro benzene ring substituents is 1. The van der Waals surface area contributed by atoms with Crippen molar-refractivity contribution < 1.29 is 14.5 Å². The van der Waals surface area contributed by atoms with Crippen LogP contribution in [0.5, 0.6) is 0 Å². The summed E-state index contributed by atoms with van der Waals surface area (Å²) in [5, 5.41) is 13.6. The van der Waals surface area contributed by atoms with Crippen molar-refractivity contribution in [3.05, 3.63) is 68.8 Å². The van der Waals surface area contributed by atoms with Crippen LogP contribution < -0.4 is 5.32 Å². The molecule has 0 atom stereocenters. The van der Waals surface area contributed by atoms with E-state index in [9.17, 15) is 19.7 Å². The third-order valence-corrected chi connectivity index (χ3v) is 5.03. The lowest BCUT2D eigenvalue weighted by Gasteiger charge is -2.16. The lowest BCUT2D eigenvalue weighted by molar-refractivity contribution is -0.385. The molecule has 0 bridgehead atoms. The lowest BCUT2D eigenvalue weighted by Crippen LogP contribution is -2.15. The van der Waals surface area contributed by atoms with Gasteiger partial charge in [-0.2, -0.15) is 0 Å². The van der Waals surface area contributed by atoms with Crippen molar-refractivity contribution in [3.8, 4) is 0 Å². The van der Waals surface area contributed by atoms with Crippen molar-refractivity contribution in [1.29, 1.82) is 0 Å². The Bertz CT molecular complexity index is 905. The first-order chi connectivity index (χ1) is 13.0. The molecule has 1 aliphatic carbocycles. The van der Waals surface area contributed by atoms with Gasteiger partial charge in [-0.25, -0.2) is 0 Å². The summed E-state index contributed by atoms with van der Waals surface area (Å²) < 4.78 is 0. The molecule has 0 radical (unpaired) electrons. The van der Waals surface area contributed by atoms with Gasteiger partial charge in [-0.15, -0.1) is 0 Å². The van der Waals surface area contributed by atoms with E-state index in [1.165, 1.54) is 29.7 Å². The van der Waals surface area contributed by atoms with E-state index in [2.05, 4.69) is 5.32 Å². The van der Waals surface area contributed by atoms with Crippen molar-refractivity contribution in [3.63, 3.8) is 0 Å². The van der Waals surface area contributed by atoms with Gasteiger partial charge in [-0.3, -0.25) is 19.7 Å². The van der Waals surface area contributed by atoms with E-state index < -0.39 is 4.92 Å². The molecule has 1 aliphatic rings. The van der Waals surface area contributed by atoms with E-state index in [-0.39, 0.29) is 30.2 Å². The molecule has 6 heteroatoms. The standard InChI is InChI=1S/C21H22N2O4/c1-14-18(7-4-8-19(14)23(26)27)22-21(25)12-11-20(24)17-10-9-15-5-2-3-6-16(15)13-17/h4,7-10,13H,2-3,5-6,11-12H2,1H3,(H,22,25). The topological polar surface area (TPSA) is 89.3 Å². The van der Waals surface area contributed by atoms with Crippen LogP contribution in [0.25, 0.3) is 0 Å². The van der Waals surface area contributed by atoms with Crippen LogP contribution >= 0.6 is 0 Å². The number of amides is 1. The molecule has 0 aromatic heterocycles. The van der Waals surface area contributed by atoms with Gasteiger partial charge in [0, 0.05) is 24.5 Å². The molecule has 1 amide bonds. The number of fused-ring (bicyclic) bond motifs is 1. The molecule has 0 saturated heterocycles. The summed E-state index contributed by atoms with van der Waals surface area (Å²) in [5.41, 5.74) is 3.96. The Balaban J connectivity index is 1.60. The fourth-order valence-electron chi connectivity index (χ4n) is 3.45. The zero-order valence-corrected chi connectivity index (χ0v) is 15.3. The van der Waals surface area contributed by atoms with E-state index in [0.29, 0.717) is 16.8 Å². The zero-order chi connectivity index (χ0) is 19.4. The van der Waals surface area contributed by atoms with Crippen LogP contribution in [-0.4, -0.2) is 16.6 Å². The van der Waals surface area contributed by atoms with Crippen molar-refractivity contribution in [2.75, 3.05) is 5.32 Å². The minimum absolute atomic E-state index is 0.0397. The Morgan fingerprint density at radius 1 is 1.07 bits per heavy atom. The molecule has 140 valence electrons. The smallest absolute Gasteiger partial charge is 0.274 e. The second-order valence-electron chi connectivity index (χ2n) is 6.87. The van der Waals surface area contributed by atoms with Gasteiger partial charge in [0.25, 0.3) is 5.69 Å². The Labute approximate surface area is 157 Å². The van der Waals surface area contributed by atoms with Crippen LogP contribution in [0.4, 0.5) is 11.4 Å². The number of carbonyl (C=O) groups is 2. The Hall–Kier alpha value is -3.02. The maximum atomic E-state index is 12.4. The fraction of sp³-hybridized carbons (Fsp3) is 0.333. The molecule has 0 saturated carbocycles. The number of rotatable bonds is 6. The average molecular weight is 366 g/mol. The van der Waals surface area contributed by atoms with Gasteiger partial charge in [0.05, 0.1) is 16.2 Å². The Morgan fingerprint density at radius 2 is 1.81 bits per heavy atom. The fourth-order valence-corrected chi connectivity index (χ4v) is 3.45. The molecule has 6 nitrogen and oxygen atoms in total. The maximum Gasteiger partial charge on any atom is 0.274 e. The molecule has 2 aromatic carbocycles. The lowest BCUT2D eigenvalue weighted by atomic mass is 9.89. The molecule has 0 fully saturated rings. The Kier molecular flexibility index (Phi) is 5.64. The van der Waals surface area contributed by atoms with Crippen LogP contribution in [0.15, 0.2) is 36.4 Å². The van der Waals surface area contributed by atoms with Gasteiger partial charge in [-0.05, 0) is 55.9 Å². The van der Waals surface area contributed by atoms with E-state index in [1.807, 2.05) is 18.2 Å². The van der Waals surface area contributed by atoms with E-state index in [1.54, 1.807) is 13.0 Å². The first kappa shape index (κ1) is 18.8. The summed E-state index contributed by atoms with van der Waals surface area (Å²) in [6, 6.07) is 10.4. The van der Waals surface area contributed by atoms with Crippen LogP contribution in [-0.2, 0) is 17.6 Å². The highest BCUT2D eigenvalue weighted by molar-refractivity contribution is 6.00. The number of benzene rings is 2. The maximum absolute atomic E-state index is 12.4. The molecule has 0 unspecified atom stereocenters. The Morgan fingerprint density at radius 3 is 2.56 bits per heavy atom. The van der Waals surface area contributed by atoms with Crippen LogP contribution in [0, 0.1) is 17.0 Å². The molecular formula is C21H22N2O4. The number of Topliss-reactive ketones (excluding diaryl/α,β-unsaturated/α-hetero) is 1. The first-order valence-corrected chi connectivity index (χ1v) is 9.14. The molecule has 0 heterocycles. The summed E-state index contributed by atoms with van der Waals surface area (Å²) >= 11 is 0. The van der Waals surface area contributed by atoms with Gasteiger partial charge in [0.1, 0.15) is 0 Å². The SMILES string of the molecule is Cc1c(NC(=O)CCC(=O)c2ccc3c(c2)CCCC3)cccc1[N+](=O)[O-]. The molecule has 0 spiro atoms. The van der Waals surface area contributed by atoms with Crippen LogP contribution in [0.3, 0.4) is 0 Å². The average Bonchev–Trinajstić information content (AvgIpc) is 2.67. The predicted octanol–water partition coefficient (Wildman–Crippen LogP) is 4.38. The number of anilines is 1. The monoisotopic (exact) mass is 366 g/mol. The summed E-state index contributed by atoms with van der Waals surface area (Å²) in [7, 11) is 0. The number of nitrogens with one attached hydrogen (secondary N) is 1. The van der Waals surface area contributed by atoms with Crippen molar-refractivity contribution in [2.24, 2.45) is 0 Å². The summed E-state index contributed by atoms with van der Waals surface area (Å²) in [6.45, 7) is 1.59. The van der Waals surface area contributed by atoms with Gasteiger partial charge in [0.2, 0.25) is 5.91 Å². The number of carbonyl (C=O) groups excluding carboxylic acids is 2. The number of nitrogens with zero attached hydrogens (tertiary/aromatic N) is 1. The number of nitro groups is 1. The number of aryl methyl sites for hydroxylation is 2. The predicted molar refractivity (Wildman–Crippen MR) is 103 cm³/mol. The minimum Gasteiger partial charge on any atom is -0.326 e. The third-order valence-electron chi connectivity index (χ3n) is 5.03. The highest BCUT2D eigenvalue weighted by Crippen LogP contribution is 2.26. The summed E-state index contributed by atoms with van der Waals surface area (Å²) in [4.78, 5) is 35.1. The molecule has 1 N–H and O–H groups in total. The second-order valence-corrected chi connectivity index (χ2v) is 6.87. The van der Waals surface area contributed by atoms with Crippen molar-refractivity contribution in [2.45, 2.75) is 45.4 Å². The van der Waals surface area contributed by atoms with Crippen molar-refractivity contribution in [1.82, 2.24) is 0 Å². The van der Waals surface area contributed by atoms with E-state index in [0.717, 1.165) is 19.3 Å². The zero-order valence-electron chi connectivity index (χ0n) is 15.3. The van der Waals surface area contributed by atoms with Gasteiger partial charge in [0.15, 0.2) is 5.78 Å². The molecule has 27 heavy (non-hydrogen) atoms. The largest absolute Gasteiger partial charge is 0.326 e. The quantitative estimate of drug-likeness (QED) is 0.467.